The van der Waals surface area contributed by atoms with Gasteiger partial charge in [-0.15, -0.1) is 0 Å². The number of nitrogens with zero attached hydrogens (tertiary/aromatic N) is 4. The summed E-state index contributed by atoms with van der Waals surface area (Å²) in [5.74, 6) is 0.858. The van der Waals surface area contributed by atoms with Crippen LogP contribution < -0.4 is 20.4 Å². The summed E-state index contributed by atoms with van der Waals surface area (Å²) in [6.07, 6.45) is 5.97. The van der Waals surface area contributed by atoms with Crippen LogP contribution in [0.15, 0.2) is 40.8 Å². The van der Waals surface area contributed by atoms with Crippen LogP contribution in [-0.2, 0) is 16.0 Å². The summed E-state index contributed by atoms with van der Waals surface area (Å²) in [6, 6.07) is 4.13. The molecular weight excluding hydrogens is 386 g/mol. The van der Waals surface area contributed by atoms with Crippen LogP contribution in [0.3, 0.4) is 0 Å². The number of amides is 1. The number of hydrogen-bond acceptors (Lipinski definition) is 8. The summed E-state index contributed by atoms with van der Waals surface area (Å²) in [6.45, 7) is 4.99. The van der Waals surface area contributed by atoms with Crippen molar-refractivity contribution in [1.29, 1.82) is 0 Å². The van der Waals surface area contributed by atoms with E-state index in [1.165, 1.54) is 0 Å². The van der Waals surface area contributed by atoms with Crippen molar-refractivity contribution in [3.05, 3.63) is 41.4 Å². The third-order valence-electron chi connectivity index (χ3n) is 5.91. The fraction of sp³-hybridized carbons (Fsp3) is 0.429. The molecule has 30 heavy (non-hydrogen) atoms. The number of hydrogen-bond donors (Lipinski definition) is 2. The van der Waals surface area contributed by atoms with Crippen LogP contribution in [0, 0.1) is 0 Å². The standard InChI is InChI=1S/C21H25N5O4/c1-21(13-27)11-14-9-17(16(10-18(14)30-21)24-5-7-29-8-6-24)26-12-15(19(22)28)20-23-3-2-4-25(20)26/h2-4,9-10,27H,5-8,11-13H2,1H3,(H2,22,28). The molecule has 1 fully saturated rings. The van der Waals surface area contributed by atoms with E-state index in [2.05, 4.69) is 16.0 Å². The van der Waals surface area contributed by atoms with E-state index in [-0.39, 0.29) is 6.61 Å². The predicted molar refractivity (Wildman–Crippen MR) is 112 cm³/mol. The molecule has 0 bridgehead atoms. The van der Waals surface area contributed by atoms with Gasteiger partial charge in [-0.2, -0.15) is 0 Å². The number of morpholine rings is 1. The molecule has 9 heteroatoms. The van der Waals surface area contributed by atoms with E-state index in [0.717, 1.165) is 35.8 Å². The minimum Gasteiger partial charge on any atom is -0.484 e. The van der Waals surface area contributed by atoms with Crippen molar-refractivity contribution in [3.8, 4) is 5.75 Å². The van der Waals surface area contributed by atoms with Crippen LogP contribution in [0.5, 0.6) is 5.75 Å². The van der Waals surface area contributed by atoms with Crippen molar-refractivity contribution in [2.24, 2.45) is 10.7 Å². The van der Waals surface area contributed by atoms with Crippen molar-refractivity contribution in [2.45, 2.75) is 18.9 Å². The number of nitrogens with two attached hydrogens (primary N) is 1. The number of aliphatic imine (C=N–C) groups is 1. The molecule has 1 aromatic carbocycles. The molecule has 3 N–H and O–H groups in total. The van der Waals surface area contributed by atoms with Crippen LogP contribution in [0.2, 0.25) is 0 Å². The van der Waals surface area contributed by atoms with E-state index in [1.807, 2.05) is 35.3 Å². The Morgan fingerprint density at radius 1 is 1.30 bits per heavy atom. The number of ether oxygens (including phenoxy) is 2. The number of aliphatic hydroxyl groups excluding tert-OH is 1. The van der Waals surface area contributed by atoms with Crippen LogP contribution in [0.1, 0.15) is 12.5 Å². The smallest absolute Gasteiger partial charge is 0.250 e. The molecule has 0 spiro atoms. The van der Waals surface area contributed by atoms with Crippen LogP contribution >= 0.6 is 0 Å². The average molecular weight is 411 g/mol. The Labute approximate surface area is 174 Å². The van der Waals surface area contributed by atoms with Crippen LogP contribution in [-0.4, -0.2) is 67.3 Å². The third kappa shape index (κ3) is 3.01. The molecule has 4 aliphatic heterocycles. The second-order valence-corrected chi connectivity index (χ2v) is 8.12. The molecular formula is C21H25N5O4. The summed E-state index contributed by atoms with van der Waals surface area (Å²) in [4.78, 5) is 18.7. The molecule has 0 aromatic heterocycles. The first-order chi connectivity index (χ1) is 14.5. The van der Waals surface area contributed by atoms with Gasteiger partial charge >= 0.3 is 0 Å². The van der Waals surface area contributed by atoms with Crippen molar-refractivity contribution < 1.29 is 19.4 Å². The predicted octanol–water partition coefficient (Wildman–Crippen LogP) is 0.541. The number of anilines is 2. The molecule has 0 aliphatic carbocycles. The molecule has 1 atom stereocenters. The van der Waals surface area contributed by atoms with Gasteiger partial charge in [0.2, 0.25) is 5.91 Å². The number of allylic oxidation sites excluding steroid dienone is 1. The minimum atomic E-state index is -0.634. The SMILES string of the molecule is CC1(CO)Cc2cc(N3CC(C(N)=O)=C4N=CC=CN43)c(N3CCOCC3)cc2O1. The molecule has 1 aromatic rings. The lowest BCUT2D eigenvalue weighted by molar-refractivity contribution is -0.114. The highest BCUT2D eigenvalue weighted by atomic mass is 16.5. The molecule has 0 radical (unpaired) electrons. The normalized spacial score (nSPS) is 24.9. The molecule has 1 amide bonds. The van der Waals surface area contributed by atoms with Gasteiger partial charge in [-0.1, -0.05) is 0 Å². The number of rotatable bonds is 4. The highest BCUT2D eigenvalue weighted by Gasteiger charge is 2.39. The summed E-state index contributed by atoms with van der Waals surface area (Å²) in [7, 11) is 0. The number of hydrazine groups is 1. The van der Waals surface area contributed by atoms with E-state index in [4.69, 9.17) is 15.2 Å². The fourth-order valence-corrected chi connectivity index (χ4v) is 4.35. The lowest BCUT2D eigenvalue weighted by atomic mass is 9.99. The van der Waals surface area contributed by atoms with E-state index >= 15 is 0 Å². The molecule has 158 valence electrons. The summed E-state index contributed by atoms with van der Waals surface area (Å²) < 4.78 is 11.6. The zero-order chi connectivity index (χ0) is 20.9. The maximum atomic E-state index is 12.1. The first-order valence-corrected chi connectivity index (χ1v) is 10.1. The quantitative estimate of drug-likeness (QED) is 0.745. The lowest BCUT2D eigenvalue weighted by Gasteiger charge is -2.36. The van der Waals surface area contributed by atoms with Crippen molar-refractivity contribution in [3.63, 3.8) is 0 Å². The van der Waals surface area contributed by atoms with E-state index in [0.29, 0.717) is 37.6 Å². The number of benzene rings is 1. The highest BCUT2D eigenvalue weighted by molar-refractivity contribution is 5.96. The second kappa shape index (κ2) is 7.03. The number of carbonyl (C=O) groups excluding carboxylic acids is 1. The summed E-state index contributed by atoms with van der Waals surface area (Å²) in [5, 5.41) is 13.7. The first-order valence-electron chi connectivity index (χ1n) is 10.1. The molecule has 1 unspecified atom stereocenters. The summed E-state index contributed by atoms with van der Waals surface area (Å²) in [5.41, 5.74) is 8.45. The number of carbonyl (C=O) groups is 1. The third-order valence-corrected chi connectivity index (χ3v) is 5.91. The number of aliphatic hydroxyl groups is 1. The van der Waals surface area contributed by atoms with Crippen LogP contribution in [0.4, 0.5) is 11.4 Å². The molecule has 4 heterocycles. The molecule has 0 saturated carbocycles. The Hall–Kier alpha value is -3.04. The van der Waals surface area contributed by atoms with E-state index in [9.17, 15) is 9.90 Å². The Balaban J connectivity index is 1.59. The van der Waals surface area contributed by atoms with Gasteiger partial charge < -0.3 is 25.2 Å². The van der Waals surface area contributed by atoms with Crippen molar-refractivity contribution >= 4 is 23.5 Å². The van der Waals surface area contributed by atoms with Crippen molar-refractivity contribution in [2.75, 3.05) is 49.4 Å². The molecule has 9 nitrogen and oxygen atoms in total. The van der Waals surface area contributed by atoms with Gasteiger partial charge in [-0.25, -0.2) is 10.0 Å². The Morgan fingerprint density at radius 2 is 2.10 bits per heavy atom. The highest BCUT2D eigenvalue weighted by Crippen LogP contribution is 2.45. The Bertz CT molecular complexity index is 982. The molecule has 1 saturated heterocycles. The van der Waals surface area contributed by atoms with Gasteiger partial charge in [-0.05, 0) is 19.1 Å². The average Bonchev–Trinajstić information content (AvgIpc) is 3.31. The van der Waals surface area contributed by atoms with Gasteiger partial charge in [0.15, 0.2) is 5.82 Å². The summed E-state index contributed by atoms with van der Waals surface area (Å²) >= 11 is 0. The van der Waals surface area contributed by atoms with Gasteiger partial charge in [0.25, 0.3) is 0 Å². The largest absolute Gasteiger partial charge is 0.484 e. The van der Waals surface area contributed by atoms with Gasteiger partial charge in [0.05, 0.1) is 43.3 Å². The van der Waals surface area contributed by atoms with Gasteiger partial charge in [0.1, 0.15) is 11.4 Å². The van der Waals surface area contributed by atoms with Crippen LogP contribution in [0.25, 0.3) is 0 Å². The van der Waals surface area contributed by atoms with Gasteiger partial charge in [0, 0.05) is 43.6 Å². The van der Waals surface area contributed by atoms with E-state index < -0.39 is 11.5 Å². The number of primary amides is 1. The van der Waals surface area contributed by atoms with E-state index in [1.54, 1.807) is 6.21 Å². The van der Waals surface area contributed by atoms with Crippen molar-refractivity contribution in [1.82, 2.24) is 5.01 Å². The zero-order valence-electron chi connectivity index (χ0n) is 16.9. The molecule has 4 aliphatic rings. The lowest BCUT2D eigenvalue weighted by Crippen LogP contribution is -2.40. The maximum Gasteiger partial charge on any atom is 0.250 e. The number of fused-ring (bicyclic) bond motifs is 2. The van der Waals surface area contributed by atoms with Gasteiger partial charge in [-0.3, -0.25) is 9.80 Å². The monoisotopic (exact) mass is 411 g/mol. The topological polar surface area (TPSA) is 104 Å². The molecule has 5 rings (SSSR count). The zero-order valence-corrected chi connectivity index (χ0v) is 16.9. The first kappa shape index (κ1) is 19.0. The fourth-order valence-electron chi connectivity index (χ4n) is 4.35. The second-order valence-electron chi connectivity index (χ2n) is 8.12. The minimum absolute atomic E-state index is 0.0608. The maximum absolute atomic E-state index is 12.1. The Kier molecular flexibility index (Phi) is 4.44. The Morgan fingerprint density at radius 3 is 2.83 bits per heavy atom.